The summed E-state index contributed by atoms with van der Waals surface area (Å²) >= 11 is 0. The van der Waals surface area contributed by atoms with Gasteiger partial charge < -0.3 is 5.32 Å². The maximum Gasteiger partial charge on any atom is 0.243 e. The summed E-state index contributed by atoms with van der Waals surface area (Å²) in [4.78, 5) is 26.9. The fourth-order valence-corrected chi connectivity index (χ4v) is 5.24. The molecule has 3 aliphatic carbocycles. The molecule has 2 unspecified atom stereocenters. The highest BCUT2D eigenvalue weighted by atomic mass is 16.5. The van der Waals surface area contributed by atoms with Crippen molar-refractivity contribution >= 4 is 11.8 Å². The molecule has 0 aromatic heterocycles. The Balaban J connectivity index is 1.40. The monoisotopic (exact) mass is 363 g/mol. The molecule has 6 nitrogen and oxygen atoms in total. The minimum absolute atomic E-state index is 0.0265. The van der Waals surface area contributed by atoms with Crippen molar-refractivity contribution in [3.05, 3.63) is 0 Å². The quantitative estimate of drug-likeness (QED) is 0.456. The van der Waals surface area contributed by atoms with Gasteiger partial charge in [0, 0.05) is 25.6 Å². The summed E-state index contributed by atoms with van der Waals surface area (Å²) < 4.78 is 0. The Bertz CT molecular complexity index is 538. The van der Waals surface area contributed by atoms with Crippen molar-refractivity contribution in [2.75, 3.05) is 13.1 Å². The molecule has 0 radical (unpaired) electrons. The van der Waals surface area contributed by atoms with E-state index in [4.69, 9.17) is 5.21 Å². The largest absolute Gasteiger partial charge is 0.352 e. The summed E-state index contributed by atoms with van der Waals surface area (Å²) in [5.41, 5.74) is 2.17. The van der Waals surface area contributed by atoms with Gasteiger partial charge in [-0.3, -0.25) is 19.7 Å². The predicted molar refractivity (Wildman–Crippen MR) is 97.4 cm³/mol. The molecule has 0 aromatic rings. The van der Waals surface area contributed by atoms with Crippen molar-refractivity contribution in [3.8, 4) is 0 Å². The molecule has 1 spiro atoms. The van der Waals surface area contributed by atoms with Crippen LogP contribution >= 0.6 is 0 Å². The molecule has 2 amide bonds. The van der Waals surface area contributed by atoms with E-state index in [0.29, 0.717) is 23.8 Å². The molecular weight excluding hydrogens is 330 g/mol. The molecule has 3 saturated carbocycles. The van der Waals surface area contributed by atoms with Crippen molar-refractivity contribution in [2.45, 2.75) is 82.7 Å². The molecule has 4 rings (SSSR count). The van der Waals surface area contributed by atoms with Crippen LogP contribution in [0.1, 0.15) is 70.6 Å². The van der Waals surface area contributed by atoms with Crippen LogP contribution in [0, 0.1) is 17.3 Å². The SMILES string of the molecule is O=C(CC(CC1CCCC1)CN1CC2(CC2)CC1C(=O)NC1CC1)NO. The van der Waals surface area contributed by atoms with Crippen molar-refractivity contribution in [3.63, 3.8) is 0 Å². The summed E-state index contributed by atoms with van der Waals surface area (Å²) in [7, 11) is 0. The lowest BCUT2D eigenvalue weighted by Gasteiger charge is -2.29. The Morgan fingerprint density at radius 2 is 1.88 bits per heavy atom. The van der Waals surface area contributed by atoms with E-state index < -0.39 is 0 Å². The summed E-state index contributed by atoms with van der Waals surface area (Å²) in [5.74, 6) is 0.813. The van der Waals surface area contributed by atoms with Crippen LogP contribution in [-0.2, 0) is 9.59 Å². The fraction of sp³-hybridized carbons (Fsp3) is 0.900. The van der Waals surface area contributed by atoms with E-state index in [0.717, 1.165) is 38.8 Å². The van der Waals surface area contributed by atoms with Gasteiger partial charge in [0.1, 0.15) is 0 Å². The Hall–Kier alpha value is -1.14. The second kappa shape index (κ2) is 7.47. The number of carbonyl (C=O) groups excluding carboxylic acids is 2. The summed E-state index contributed by atoms with van der Waals surface area (Å²) in [6, 6.07) is 0.371. The van der Waals surface area contributed by atoms with Crippen molar-refractivity contribution in [1.29, 1.82) is 0 Å². The van der Waals surface area contributed by atoms with Crippen LogP contribution in [0.4, 0.5) is 0 Å². The van der Waals surface area contributed by atoms with Gasteiger partial charge in [-0.1, -0.05) is 25.7 Å². The van der Waals surface area contributed by atoms with Gasteiger partial charge in [0.05, 0.1) is 6.04 Å². The van der Waals surface area contributed by atoms with Gasteiger partial charge in [-0.2, -0.15) is 0 Å². The molecule has 26 heavy (non-hydrogen) atoms. The smallest absolute Gasteiger partial charge is 0.243 e. The molecule has 3 N–H and O–H groups in total. The number of carbonyl (C=O) groups is 2. The Kier molecular flexibility index (Phi) is 5.24. The van der Waals surface area contributed by atoms with E-state index in [2.05, 4.69) is 10.2 Å². The normalized spacial score (nSPS) is 29.0. The highest BCUT2D eigenvalue weighted by molar-refractivity contribution is 5.83. The van der Waals surface area contributed by atoms with E-state index in [1.165, 1.54) is 38.5 Å². The summed E-state index contributed by atoms with van der Waals surface area (Å²) in [6.45, 7) is 1.80. The molecule has 1 aliphatic heterocycles. The topological polar surface area (TPSA) is 81.7 Å². The number of hydroxylamine groups is 1. The van der Waals surface area contributed by atoms with E-state index in [-0.39, 0.29) is 23.8 Å². The minimum atomic E-state index is -0.299. The lowest BCUT2D eigenvalue weighted by atomic mass is 9.90. The maximum absolute atomic E-state index is 12.8. The first-order valence-electron chi connectivity index (χ1n) is 10.5. The van der Waals surface area contributed by atoms with E-state index in [9.17, 15) is 9.59 Å². The number of hydrogen-bond acceptors (Lipinski definition) is 4. The van der Waals surface area contributed by atoms with E-state index >= 15 is 0 Å². The highest BCUT2D eigenvalue weighted by Gasteiger charge is 2.54. The van der Waals surface area contributed by atoms with Crippen LogP contribution in [0.15, 0.2) is 0 Å². The molecule has 146 valence electrons. The number of hydrogen-bond donors (Lipinski definition) is 3. The molecule has 6 heteroatoms. The molecule has 1 heterocycles. The van der Waals surface area contributed by atoms with Crippen LogP contribution < -0.4 is 10.8 Å². The van der Waals surface area contributed by atoms with Crippen LogP contribution in [0.3, 0.4) is 0 Å². The molecule has 2 atom stereocenters. The maximum atomic E-state index is 12.8. The van der Waals surface area contributed by atoms with Gasteiger partial charge in [-0.15, -0.1) is 0 Å². The van der Waals surface area contributed by atoms with E-state index in [1.807, 2.05) is 0 Å². The number of likely N-dealkylation sites (tertiary alicyclic amines) is 1. The molecular formula is C20H33N3O3. The predicted octanol–water partition coefficient (Wildman–Crippen LogP) is 2.21. The highest BCUT2D eigenvalue weighted by Crippen LogP contribution is 2.55. The van der Waals surface area contributed by atoms with Gasteiger partial charge in [0.2, 0.25) is 11.8 Å². The zero-order chi connectivity index (χ0) is 18.1. The standard InChI is InChI=1S/C20H33N3O3/c24-18(22-26)10-15(9-14-3-1-2-4-14)12-23-13-20(7-8-20)11-17(23)19(25)21-16-5-6-16/h14-17,26H,1-13H2,(H,21,25)(H,22,24). The van der Waals surface area contributed by atoms with Crippen LogP contribution in [0.25, 0.3) is 0 Å². The van der Waals surface area contributed by atoms with E-state index in [1.54, 1.807) is 5.48 Å². The van der Waals surface area contributed by atoms with Crippen molar-refractivity contribution in [2.24, 2.45) is 17.3 Å². The Morgan fingerprint density at radius 3 is 2.50 bits per heavy atom. The number of rotatable bonds is 8. The van der Waals surface area contributed by atoms with Crippen LogP contribution in [-0.4, -0.2) is 47.1 Å². The van der Waals surface area contributed by atoms with Gasteiger partial charge in [-0.05, 0) is 55.8 Å². The summed E-state index contributed by atoms with van der Waals surface area (Å²) in [6.07, 6.45) is 12.2. The zero-order valence-electron chi connectivity index (χ0n) is 15.7. The first-order valence-corrected chi connectivity index (χ1v) is 10.5. The van der Waals surface area contributed by atoms with Crippen LogP contribution in [0.5, 0.6) is 0 Å². The number of nitrogens with one attached hydrogen (secondary N) is 2. The third-order valence-corrected chi connectivity index (χ3v) is 7.02. The number of amides is 2. The fourth-order valence-electron chi connectivity index (χ4n) is 5.24. The first kappa shape index (κ1) is 18.2. The van der Waals surface area contributed by atoms with Crippen LogP contribution in [0.2, 0.25) is 0 Å². The summed E-state index contributed by atoms with van der Waals surface area (Å²) in [5, 5.41) is 12.2. The third-order valence-electron chi connectivity index (χ3n) is 7.02. The second-order valence-corrected chi connectivity index (χ2v) is 9.42. The molecule has 4 aliphatic rings. The Labute approximate surface area is 156 Å². The van der Waals surface area contributed by atoms with Gasteiger partial charge in [0.25, 0.3) is 0 Å². The zero-order valence-corrected chi connectivity index (χ0v) is 15.7. The minimum Gasteiger partial charge on any atom is -0.352 e. The van der Waals surface area contributed by atoms with Gasteiger partial charge in [-0.25, -0.2) is 5.48 Å². The van der Waals surface area contributed by atoms with Crippen molar-refractivity contribution < 1.29 is 14.8 Å². The number of nitrogens with zero attached hydrogens (tertiary/aromatic N) is 1. The molecule has 1 saturated heterocycles. The lowest BCUT2D eigenvalue weighted by molar-refractivity contribution is -0.130. The second-order valence-electron chi connectivity index (χ2n) is 9.42. The average molecular weight is 364 g/mol. The first-order chi connectivity index (χ1) is 12.6. The molecule has 0 bridgehead atoms. The Morgan fingerprint density at radius 1 is 1.15 bits per heavy atom. The molecule has 0 aromatic carbocycles. The lowest BCUT2D eigenvalue weighted by Crippen LogP contribution is -2.46. The van der Waals surface area contributed by atoms with Gasteiger partial charge >= 0.3 is 0 Å². The third kappa shape index (κ3) is 4.39. The average Bonchev–Trinajstić information content (AvgIpc) is 3.48. The van der Waals surface area contributed by atoms with Gasteiger partial charge in [0.15, 0.2) is 0 Å². The molecule has 4 fully saturated rings. The van der Waals surface area contributed by atoms with Crippen molar-refractivity contribution in [1.82, 2.24) is 15.7 Å².